The van der Waals surface area contributed by atoms with Crippen LogP contribution >= 0.6 is 0 Å². The minimum Gasteiger partial charge on any atom is -0.329 e. The molecular formula is C17H33N3. The van der Waals surface area contributed by atoms with Crippen LogP contribution in [0.25, 0.3) is 0 Å². The fourth-order valence-corrected chi connectivity index (χ4v) is 5.16. The molecule has 4 atom stereocenters. The topological polar surface area (TPSA) is 32.5 Å². The van der Waals surface area contributed by atoms with Gasteiger partial charge in [-0.3, -0.25) is 9.80 Å². The predicted octanol–water partition coefficient (Wildman–Crippen LogP) is 2.31. The standard InChI is InChI=1S/C17H33N3/c1-14-6-5-8-17(13-18,15(14)2)20-11-10-19-9-4-3-7-16(19)12-20/h14-16H,3-13,18H2,1-2H3. The molecule has 2 saturated heterocycles. The first kappa shape index (κ1) is 14.8. The molecule has 0 amide bonds. The van der Waals surface area contributed by atoms with Crippen molar-refractivity contribution in [3.63, 3.8) is 0 Å². The van der Waals surface area contributed by atoms with Gasteiger partial charge in [0.05, 0.1) is 0 Å². The van der Waals surface area contributed by atoms with Crippen molar-refractivity contribution in [2.75, 3.05) is 32.7 Å². The van der Waals surface area contributed by atoms with Gasteiger partial charge in [0.1, 0.15) is 0 Å². The number of hydrogen-bond acceptors (Lipinski definition) is 3. The van der Waals surface area contributed by atoms with Crippen LogP contribution < -0.4 is 5.73 Å². The van der Waals surface area contributed by atoms with Gasteiger partial charge in [0.2, 0.25) is 0 Å². The van der Waals surface area contributed by atoms with E-state index >= 15 is 0 Å². The van der Waals surface area contributed by atoms with Gasteiger partial charge >= 0.3 is 0 Å². The zero-order chi connectivity index (χ0) is 14.2. The van der Waals surface area contributed by atoms with Crippen LogP contribution in [0.5, 0.6) is 0 Å². The molecule has 3 aliphatic rings. The second kappa shape index (κ2) is 5.94. The lowest BCUT2D eigenvalue weighted by atomic mass is 9.67. The van der Waals surface area contributed by atoms with Gasteiger partial charge in [0.25, 0.3) is 0 Å². The van der Waals surface area contributed by atoms with Gasteiger partial charge in [-0.1, -0.05) is 33.1 Å². The van der Waals surface area contributed by atoms with Crippen LogP contribution in [0.15, 0.2) is 0 Å². The Hall–Kier alpha value is -0.120. The second-order valence-corrected chi connectivity index (χ2v) is 7.60. The first-order chi connectivity index (χ1) is 9.67. The van der Waals surface area contributed by atoms with E-state index in [2.05, 4.69) is 23.6 Å². The Kier molecular flexibility index (Phi) is 4.40. The monoisotopic (exact) mass is 279 g/mol. The molecule has 3 rings (SSSR count). The van der Waals surface area contributed by atoms with Crippen LogP contribution in [0.1, 0.15) is 52.4 Å². The molecule has 116 valence electrons. The van der Waals surface area contributed by atoms with E-state index in [1.165, 1.54) is 64.7 Å². The Balaban J connectivity index is 1.75. The first-order valence-corrected chi connectivity index (χ1v) is 8.86. The zero-order valence-electron chi connectivity index (χ0n) is 13.5. The third-order valence-corrected chi connectivity index (χ3v) is 6.79. The summed E-state index contributed by atoms with van der Waals surface area (Å²) in [6, 6.07) is 0.811. The Morgan fingerprint density at radius 1 is 1.05 bits per heavy atom. The van der Waals surface area contributed by atoms with E-state index in [1.54, 1.807) is 0 Å². The number of nitrogens with two attached hydrogens (primary N) is 1. The maximum atomic E-state index is 6.33. The van der Waals surface area contributed by atoms with Crippen LogP contribution in [0.2, 0.25) is 0 Å². The predicted molar refractivity (Wildman–Crippen MR) is 84.7 cm³/mol. The summed E-state index contributed by atoms with van der Waals surface area (Å²) in [5, 5.41) is 0. The molecular weight excluding hydrogens is 246 g/mol. The number of fused-ring (bicyclic) bond motifs is 1. The third-order valence-electron chi connectivity index (χ3n) is 6.79. The minimum atomic E-state index is 0.293. The minimum absolute atomic E-state index is 0.293. The van der Waals surface area contributed by atoms with Crippen molar-refractivity contribution in [2.45, 2.75) is 64.0 Å². The van der Waals surface area contributed by atoms with Gasteiger partial charge in [-0.05, 0) is 37.6 Å². The molecule has 2 heterocycles. The lowest BCUT2D eigenvalue weighted by Gasteiger charge is -2.56. The number of nitrogens with zero attached hydrogens (tertiary/aromatic N) is 2. The van der Waals surface area contributed by atoms with E-state index in [-0.39, 0.29) is 0 Å². The van der Waals surface area contributed by atoms with Crippen molar-refractivity contribution >= 4 is 0 Å². The van der Waals surface area contributed by atoms with Crippen LogP contribution in [-0.2, 0) is 0 Å². The molecule has 0 aromatic heterocycles. The molecule has 1 saturated carbocycles. The summed E-state index contributed by atoms with van der Waals surface area (Å²) in [6.45, 7) is 10.9. The zero-order valence-corrected chi connectivity index (χ0v) is 13.5. The molecule has 2 N–H and O–H groups in total. The van der Waals surface area contributed by atoms with Crippen molar-refractivity contribution in [3.8, 4) is 0 Å². The van der Waals surface area contributed by atoms with Crippen LogP contribution in [-0.4, -0.2) is 54.1 Å². The number of piperazine rings is 1. The fourth-order valence-electron chi connectivity index (χ4n) is 5.16. The maximum Gasteiger partial charge on any atom is 0.0360 e. The number of piperidine rings is 1. The van der Waals surface area contributed by atoms with E-state index < -0.39 is 0 Å². The molecule has 3 nitrogen and oxygen atoms in total. The average molecular weight is 279 g/mol. The van der Waals surface area contributed by atoms with Gasteiger partial charge in [-0.15, -0.1) is 0 Å². The smallest absolute Gasteiger partial charge is 0.0360 e. The first-order valence-electron chi connectivity index (χ1n) is 8.86. The molecule has 0 aromatic rings. The van der Waals surface area contributed by atoms with Crippen LogP contribution in [0.3, 0.4) is 0 Å². The van der Waals surface area contributed by atoms with Gasteiger partial charge < -0.3 is 5.73 Å². The maximum absolute atomic E-state index is 6.33. The molecule has 0 spiro atoms. The van der Waals surface area contributed by atoms with E-state index in [4.69, 9.17) is 5.73 Å². The SMILES string of the molecule is CC1CCCC(CN)(N2CCN3CCCCC3C2)C1C. The molecule has 3 fully saturated rings. The summed E-state index contributed by atoms with van der Waals surface area (Å²) in [5.41, 5.74) is 6.63. The van der Waals surface area contributed by atoms with Crippen LogP contribution in [0.4, 0.5) is 0 Å². The van der Waals surface area contributed by atoms with Crippen LogP contribution in [0, 0.1) is 11.8 Å². The Morgan fingerprint density at radius 2 is 1.90 bits per heavy atom. The summed E-state index contributed by atoms with van der Waals surface area (Å²) < 4.78 is 0. The largest absolute Gasteiger partial charge is 0.329 e. The average Bonchev–Trinajstić information content (AvgIpc) is 2.50. The number of hydrogen-bond donors (Lipinski definition) is 1. The normalized spacial score (nSPS) is 44.2. The highest BCUT2D eigenvalue weighted by atomic mass is 15.3. The molecule has 0 bridgehead atoms. The van der Waals surface area contributed by atoms with Crippen molar-refractivity contribution in [1.29, 1.82) is 0 Å². The van der Waals surface area contributed by atoms with E-state index in [1.807, 2.05) is 0 Å². The molecule has 0 aromatic carbocycles. The molecule has 1 aliphatic carbocycles. The van der Waals surface area contributed by atoms with Gasteiger partial charge in [-0.2, -0.15) is 0 Å². The summed E-state index contributed by atoms with van der Waals surface area (Å²) in [5.74, 6) is 1.58. The van der Waals surface area contributed by atoms with E-state index in [0.29, 0.717) is 5.54 Å². The van der Waals surface area contributed by atoms with Crippen molar-refractivity contribution in [3.05, 3.63) is 0 Å². The summed E-state index contributed by atoms with van der Waals surface area (Å²) in [6.07, 6.45) is 8.32. The summed E-state index contributed by atoms with van der Waals surface area (Å²) >= 11 is 0. The summed E-state index contributed by atoms with van der Waals surface area (Å²) in [4.78, 5) is 5.54. The van der Waals surface area contributed by atoms with E-state index in [9.17, 15) is 0 Å². The molecule has 20 heavy (non-hydrogen) atoms. The Morgan fingerprint density at radius 3 is 2.70 bits per heavy atom. The fraction of sp³-hybridized carbons (Fsp3) is 1.00. The number of rotatable bonds is 2. The summed E-state index contributed by atoms with van der Waals surface area (Å²) in [7, 11) is 0. The van der Waals surface area contributed by atoms with Gasteiger partial charge in [-0.25, -0.2) is 0 Å². The lowest BCUT2D eigenvalue weighted by molar-refractivity contribution is -0.0619. The molecule has 3 heteroatoms. The van der Waals surface area contributed by atoms with Gasteiger partial charge in [0, 0.05) is 37.8 Å². The quantitative estimate of drug-likeness (QED) is 0.842. The highest BCUT2D eigenvalue weighted by Gasteiger charge is 2.47. The third kappa shape index (κ3) is 2.42. The highest BCUT2D eigenvalue weighted by molar-refractivity contribution is 5.03. The lowest BCUT2D eigenvalue weighted by Crippen LogP contribution is -2.67. The second-order valence-electron chi connectivity index (χ2n) is 7.60. The van der Waals surface area contributed by atoms with Gasteiger partial charge in [0.15, 0.2) is 0 Å². The highest BCUT2D eigenvalue weighted by Crippen LogP contribution is 2.42. The molecule has 0 radical (unpaired) electrons. The molecule has 2 aliphatic heterocycles. The van der Waals surface area contributed by atoms with E-state index in [0.717, 1.165) is 24.4 Å². The Bertz CT molecular complexity index is 332. The van der Waals surface area contributed by atoms with Crippen molar-refractivity contribution in [2.24, 2.45) is 17.6 Å². The van der Waals surface area contributed by atoms with Crippen molar-refractivity contribution in [1.82, 2.24) is 9.80 Å². The Labute approximate surface area is 124 Å². The van der Waals surface area contributed by atoms with Crippen molar-refractivity contribution < 1.29 is 0 Å². The molecule has 4 unspecified atom stereocenters.